The first-order chi connectivity index (χ1) is 9.61. The van der Waals surface area contributed by atoms with Gasteiger partial charge in [-0.2, -0.15) is 13.2 Å². The number of esters is 1. The summed E-state index contributed by atoms with van der Waals surface area (Å²) in [5, 5.41) is 10.1. The Bertz CT molecular complexity index is 543. The summed E-state index contributed by atoms with van der Waals surface area (Å²) >= 11 is 5.74. The van der Waals surface area contributed by atoms with Crippen LogP contribution in [0.5, 0.6) is 0 Å². The van der Waals surface area contributed by atoms with Crippen LogP contribution >= 0.6 is 11.6 Å². The van der Waals surface area contributed by atoms with E-state index >= 15 is 0 Å². The van der Waals surface area contributed by atoms with E-state index in [1.807, 2.05) is 0 Å². The van der Waals surface area contributed by atoms with Gasteiger partial charge in [-0.15, -0.1) is 0 Å². The van der Waals surface area contributed by atoms with E-state index in [2.05, 4.69) is 11.3 Å². The third kappa shape index (κ3) is 3.98. The molecule has 0 saturated carbocycles. The highest BCUT2D eigenvalue weighted by atomic mass is 35.5. The normalized spacial score (nSPS) is 14.4. The second-order valence-electron chi connectivity index (χ2n) is 4.37. The van der Waals surface area contributed by atoms with Crippen LogP contribution < -0.4 is 0 Å². The molecule has 0 bridgehead atoms. The fourth-order valence-corrected chi connectivity index (χ4v) is 1.85. The van der Waals surface area contributed by atoms with E-state index in [-0.39, 0.29) is 12.2 Å². The molecule has 0 heterocycles. The molecule has 0 spiro atoms. The largest absolute Gasteiger partial charge is 0.464 e. The van der Waals surface area contributed by atoms with Crippen molar-refractivity contribution < 1.29 is 27.8 Å². The number of benzene rings is 1. The zero-order valence-electron chi connectivity index (χ0n) is 11.2. The maximum atomic E-state index is 13.0. The van der Waals surface area contributed by atoms with Gasteiger partial charge in [0.25, 0.3) is 5.60 Å². The van der Waals surface area contributed by atoms with Crippen molar-refractivity contribution in [2.75, 3.05) is 6.61 Å². The molecule has 0 aliphatic rings. The number of aliphatic hydroxyl groups is 1. The van der Waals surface area contributed by atoms with E-state index in [1.165, 1.54) is 25.1 Å². The van der Waals surface area contributed by atoms with Gasteiger partial charge in [0, 0.05) is 11.4 Å². The molecule has 1 atom stereocenters. The van der Waals surface area contributed by atoms with Gasteiger partial charge in [0.05, 0.1) is 6.61 Å². The van der Waals surface area contributed by atoms with E-state index in [9.17, 15) is 23.1 Å². The maximum absolute atomic E-state index is 13.0. The van der Waals surface area contributed by atoms with Crippen molar-refractivity contribution in [1.29, 1.82) is 0 Å². The Labute approximate surface area is 125 Å². The van der Waals surface area contributed by atoms with Crippen LogP contribution in [0.3, 0.4) is 0 Å². The van der Waals surface area contributed by atoms with Gasteiger partial charge in [-0.3, -0.25) is 0 Å². The molecule has 0 aliphatic heterocycles. The van der Waals surface area contributed by atoms with Crippen molar-refractivity contribution in [1.82, 2.24) is 0 Å². The van der Waals surface area contributed by atoms with Crippen molar-refractivity contribution in [2.45, 2.75) is 25.1 Å². The quantitative estimate of drug-likeness (QED) is 0.843. The zero-order chi connectivity index (χ0) is 16.3. The second kappa shape index (κ2) is 6.49. The van der Waals surface area contributed by atoms with Crippen molar-refractivity contribution >= 4 is 23.1 Å². The molecule has 1 N–H and O–H groups in total. The van der Waals surface area contributed by atoms with Gasteiger partial charge in [0.2, 0.25) is 0 Å². The second-order valence-corrected chi connectivity index (χ2v) is 4.81. The van der Waals surface area contributed by atoms with Crippen LogP contribution in [0, 0.1) is 0 Å². The lowest BCUT2D eigenvalue weighted by Crippen LogP contribution is -2.53. The fourth-order valence-electron chi connectivity index (χ4n) is 1.66. The van der Waals surface area contributed by atoms with E-state index in [4.69, 9.17) is 11.6 Å². The van der Waals surface area contributed by atoms with Gasteiger partial charge in [0.1, 0.15) is 0 Å². The number of carbonyl (C=O) groups excluding carboxylic acids is 1. The molecule has 0 aliphatic carbocycles. The van der Waals surface area contributed by atoms with Gasteiger partial charge in [-0.05, 0) is 30.2 Å². The van der Waals surface area contributed by atoms with Crippen LogP contribution in [-0.4, -0.2) is 29.5 Å². The Morgan fingerprint density at radius 2 is 2.05 bits per heavy atom. The zero-order valence-corrected chi connectivity index (χ0v) is 12.0. The Hall–Kier alpha value is -1.53. The molecule has 0 unspecified atom stereocenters. The Morgan fingerprint density at radius 1 is 1.43 bits per heavy atom. The highest BCUT2D eigenvalue weighted by molar-refractivity contribution is 6.30. The van der Waals surface area contributed by atoms with Crippen molar-refractivity contribution in [2.24, 2.45) is 0 Å². The predicted molar refractivity (Wildman–Crippen MR) is 72.7 cm³/mol. The molecule has 0 aromatic heterocycles. The molecular weight excluding hydrogens is 309 g/mol. The summed E-state index contributed by atoms with van der Waals surface area (Å²) in [7, 11) is 0. The smallest absolute Gasteiger partial charge is 0.428 e. The van der Waals surface area contributed by atoms with Crippen LogP contribution in [-0.2, 0) is 9.53 Å². The van der Waals surface area contributed by atoms with Crippen LogP contribution in [0.2, 0.25) is 5.02 Å². The van der Waals surface area contributed by atoms with Gasteiger partial charge < -0.3 is 9.84 Å². The Morgan fingerprint density at radius 3 is 2.52 bits per heavy atom. The van der Waals surface area contributed by atoms with Gasteiger partial charge in [-0.25, -0.2) is 4.79 Å². The molecule has 21 heavy (non-hydrogen) atoms. The highest BCUT2D eigenvalue weighted by Gasteiger charge is 2.60. The molecule has 0 saturated heterocycles. The number of carbonyl (C=O) groups is 1. The van der Waals surface area contributed by atoms with Crippen LogP contribution in [0.1, 0.15) is 18.9 Å². The first kappa shape index (κ1) is 17.5. The van der Waals surface area contributed by atoms with E-state index in [0.717, 1.165) is 0 Å². The topological polar surface area (TPSA) is 46.5 Å². The van der Waals surface area contributed by atoms with E-state index in [0.29, 0.717) is 10.6 Å². The standard InChI is InChI=1S/C14H14ClF3O3/c1-3-21-12(19)13(20,14(16,17)18)8-9(2)10-5-4-6-11(15)7-10/h4-7,20H,2-3,8H2,1H3/t13-/m0/s1. The molecular formula is C14H14ClF3O3. The number of hydrogen-bond donors (Lipinski definition) is 1. The average molecular weight is 323 g/mol. The molecule has 0 fully saturated rings. The maximum Gasteiger partial charge on any atom is 0.428 e. The van der Waals surface area contributed by atoms with Crippen LogP contribution in [0.25, 0.3) is 5.57 Å². The summed E-state index contributed by atoms with van der Waals surface area (Å²) in [6, 6.07) is 5.95. The van der Waals surface area contributed by atoms with Gasteiger partial charge in [-0.1, -0.05) is 30.3 Å². The molecule has 0 amide bonds. The minimum atomic E-state index is -5.18. The first-order valence-electron chi connectivity index (χ1n) is 6.02. The number of ether oxygens (including phenoxy) is 1. The number of hydrogen-bond acceptors (Lipinski definition) is 3. The monoisotopic (exact) mass is 322 g/mol. The van der Waals surface area contributed by atoms with E-state index < -0.39 is 24.2 Å². The molecule has 0 radical (unpaired) electrons. The lowest BCUT2D eigenvalue weighted by molar-refractivity contribution is -0.260. The summed E-state index contributed by atoms with van der Waals surface area (Å²) in [6.45, 7) is 4.55. The predicted octanol–water partition coefficient (Wildman–Crippen LogP) is 3.60. The van der Waals surface area contributed by atoms with E-state index in [1.54, 1.807) is 6.07 Å². The van der Waals surface area contributed by atoms with Crippen molar-refractivity contribution in [3.8, 4) is 0 Å². The molecule has 1 rings (SSSR count). The highest BCUT2D eigenvalue weighted by Crippen LogP contribution is 2.38. The summed E-state index contributed by atoms with van der Waals surface area (Å²) in [6.07, 6.45) is -6.21. The Balaban J connectivity index is 3.08. The summed E-state index contributed by atoms with van der Waals surface area (Å²) in [5.74, 6) is -1.75. The molecule has 7 heteroatoms. The average Bonchev–Trinajstić information content (AvgIpc) is 2.37. The summed E-state index contributed by atoms with van der Waals surface area (Å²) in [4.78, 5) is 11.5. The number of halogens is 4. The summed E-state index contributed by atoms with van der Waals surface area (Å²) in [5.41, 5.74) is -3.41. The molecule has 116 valence electrons. The molecule has 1 aromatic carbocycles. The number of rotatable bonds is 5. The van der Waals surface area contributed by atoms with Crippen LogP contribution in [0.15, 0.2) is 30.8 Å². The minimum Gasteiger partial charge on any atom is -0.464 e. The SMILES string of the molecule is C=C(C[C@](O)(C(=O)OCC)C(F)(F)F)c1cccc(Cl)c1. The minimum absolute atomic E-state index is 0.0784. The van der Waals surface area contributed by atoms with Crippen molar-refractivity contribution in [3.05, 3.63) is 41.4 Å². The third-order valence-electron chi connectivity index (χ3n) is 2.78. The fraction of sp³-hybridized carbons (Fsp3) is 0.357. The summed E-state index contributed by atoms with van der Waals surface area (Å²) < 4.78 is 43.4. The molecule has 3 nitrogen and oxygen atoms in total. The van der Waals surface area contributed by atoms with Crippen molar-refractivity contribution in [3.63, 3.8) is 0 Å². The Kier molecular flexibility index (Phi) is 5.42. The number of alkyl halides is 3. The lowest BCUT2D eigenvalue weighted by atomic mass is 9.91. The molecule has 1 aromatic rings. The lowest BCUT2D eigenvalue weighted by Gasteiger charge is -2.28. The first-order valence-corrected chi connectivity index (χ1v) is 6.39. The third-order valence-corrected chi connectivity index (χ3v) is 3.02. The van der Waals surface area contributed by atoms with Crippen LogP contribution in [0.4, 0.5) is 13.2 Å². The van der Waals surface area contributed by atoms with Gasteiger partial charge in [0.15, 0.2) is 0 Å². The van der Waals surface area contributed by atoms with Gasteiger partial charge >= 0.3 is 12.1 Å².